The monoisotopic (exact) mass is 277 g/mol. The molecular weight excluding hydrogens is 258 g/mol. The van der Waals surface area contributed by atoms with Crippen molar-refractivity contribution in [3.63, 3.8) is 0 Å². The van der Waals surface area contributed by atoms with Crippen LogP contribution < -0.4 is 10.2 Å². The van der Waals surface area contributed by atoms with E-state index < -0.39 is 0 Å². The fourth-order valence-corrected chi connectivity index (χ4v) is 3.21. The molecule has 1 N–H and O–H groups in total. The van der Waals surface area contributed by atoms with Gasteiger partial charge in [-0.2, -0.15) is 4.98 Å². The first-order chi connectivity index (χ1) is 9.28. The summed E-state index contributed by atoms with van der Waals surface area (Å²) >= 11 is 1.67. The van der Waals surface area contributed by atoms with Crippen molar-refractivity contribution in [2.45, 2.75) is 6.42 Å². The van der Waals surface area contributed by atoms with Crippen LogP contribution in [0, 0.1) is 0 Å². The molecule has 0 bridgehead atoms. The zero-order chi connectivity index (χ0) is 13.2. The molecule has 1 aliphatic heterocycles. The third-order valence-electron chi connectivity index (χ3n) is 3.55. The molecular formula is C13H19N5S. The van der Waals surface area contributed by atoms with Crippen LogP contribution in [0.4, 0.5) is 11.8 Å². The van der Waals surface area contributed by atoms with E-state index in [0.29, 0.717) is 5.95 Å². The molecule has 3 rings (SSSR count). The largest absolute Gasteiger partial charge is 0.357 e. The molecule has 0 radical (unpaired) electrons. The Morgan fingerprint density at radius 2 is 2.11 bits per heavy atom. The van der Waals surface area contributed by atoms with Crippen molar-refractivity contribution < 1.29 is 0 Å². The first-order valence-electron chi connectivity index (χ1n) is 6.64. The van der Waals surface area contributed by atoms with Crippen molar-refractivity contribution in [3.05, 3.63) is 11.4 Å². The second-order valence-electron chi connectivity index (χ2n) is 4.90. The van der Waals surface area contributed by atoms with E-state index in [9.17, 15) is 0 Å². The van der Waals surface area contributed by atoms with Gasteiger partial charge in [-0.3, -0.25) is 0 Å². The Hall–Kier alpha value is -1.40. The van der Waals surface area contributed by atoms with Crippen molar-refractivity contribution in [2.75, 3.05) is 50.5 Å². The summed E-state index contributed by atoms with van der Waals surface area (Å²) in [6, 6.07) is 2.13. The fourth-order valence-electron chi connectivity index (χ4n) is 2.45. The van der Waals surface area contributed by atoms with E-state index >= 15 is 0 Å². The molecule has 0 spiro atoms. The predicted octanol–water partition coefficient (Wildman–Crippen LogP) is 1.87. The van der Waals surface area contributed by atoms with Gasteiger partial charge in [-0.05, 0) is 31.5 Å². The Morgan fingerprint density at radius 1 is 1.21 bits per heavy atom. The molecule has 0 aliphatic carbocycles. The molecule has 0 aromatic carbocycles. The minimum absolute atomic E-state index is 0.711. The molecule has 2 aromatic rings. The quantitative estimate of drug-likeness (QED) is 0.908. The van der Waals surface area contributed by atoms with Crippen LogP contribution >= 0.6 is 11.3 Å². The lowest BCUT2D eigenvalue weighted by Crippen LogP contribution is -2.29. The lowest BCUT2D eigenvalue weighted by Gasteiger charge is -2.22. The summed E-state index contributed by atoms with van der Waals surface area (Å²) in [5.41, 5.74) is 0. The van der Waals surface area contributed by atoms with Crippen molar-refractivity contribution >= 4 is 33.3 Å². The Balaban J connectivity index is 2.00. The molecule has 0 unspecified atom stereocenters. The summed E-state index contributed by atoms with van der Waals surface area (Å²) in [5, 5.41) is 6.32. The number of likely N-dealkylation sites (N-methyl/N-ethyl adjacent to an activating group) is 1. The predicted molar refractivity (Wildman–Crippen MR) is 81.3 cm³/mol. The van der Waals surface area contributed by atoms with Crippen LogP contribution in [0.2, 0.25) is 0 Å². The Morgan fingerprint density at radius 3 is 2.95 bits per heavy atom. The molecule has 5 nitrogen and oxygen atoms in total. The lowest BCUT2D eigenvalue weighted by atomic mass is 10.3. The molecule has 2 aromatic heterocycles. The van der Waals surface area contributed by atoms with E-state index in [2.05, 4.69) is 43.6 Å². The van der Waals surface area contributed by atoms with Gasteiger partial charge in [0.1, 0.15) is 10.6 Å². The minimum atomic E-state index is 0.711. The molecule has 6 heteroatoms. The molecule has 3 heterocycles. The maximum Gasteiger partial charge on any atom is 0.225 e. The van der Waals surface area contributed by atoms with Gasteiger partial charge in [0.15, 0.2) is 0 Å². The van der Waals surface area contributed by atoms with E-state index in [0.717, 1.165) is 36.8 Å². The number of hydrogen-bond donors (Lipinski definition) is 1. The molecule has 1 saturated heterocycles. The summed E-state index contributed by atoms with van der Waals surface area (Å²) < 4.78 is 0. The Bertz CT molecular complexity index is 567. The molecule has 0 saturated carbocycles. The average molecular weight is 277 g/mol. The maximum absolute atomic E-state index is 4.67. The van der Waals surface area contributed by atoms with Crippen LogP contribution in [-0.4, -0.2) is 55.1 Å². The number of rotatable bonds is 2. The first-order valence-corrected chi connectivity index (χ1v) is 7.52. The average Bonchev–Trinajstić information content (AvgIpc) is 2.79. The summed E-state index contributed by atoms with van der Waals surface area (Å²) in [6.45, 7) is 4.34. The van der Waals surface area contributed by atoms with E-state index in [-0.39, 0.29) is 0 Å². The van der Waals surface area contributed by atoms with Gasteiger partial charge in [-0.15, -0.1) is 11.3 Å². The van der Waals surface area contributed by atoms with Crippen LogP contribution in [0.3, 0.4) is 0 Å². The molecule has 19 heavy (non-hydrogen) atoms. The summed E-state index contributed by atoms with van der Waals surface area (Å²) in [4.78, 5) is 15.0. The van der Waals surface area contributed by atoms with Crippen molar-refractivity contribution in [1.82, 2.24) is 14.9 Å². The zero-order valence-electron chi connectivity index (χ0n) is 11.4. The highest BCUT2D eigenvalue weighted by Crippen LogP contribution is 2.29. The van der Waals surface area contributed by atoms with E-state index in [1.54, 1.807) is 11.3 Å². The zero-order valence-corrected chi connectivity index (χ0v) is 12.2. The van der Waals surface area contributed by atoms with Crippen molar-refractivity contribution in [1.29, 1.82) is 0 Å². The fraction of sp³-hybridized carbons (Fsp3) is 0.538. The third-order valence-corrected chi connectivity index (χ3v) is 4.35. The minimum Gasteiger partial charge on any atom is -0.357 e. The summed E-state index contributed by atoms with van der Waals surface area (Å²) in [6.07, 6.45) is 1.18. The number of nitrogens with zero attached hydrogens (tertiary/aromatic N) is 4. The number of thiophene rings is 1. The summed E-state index contributed by atoms with van der Waals surface area (Å²) in [7, 11) is 4.05. The van der Waals surface area contributed by atoms with Gasteiger partial charge in [0.25, 0.3) is 0 Å². The summed E-state index contributed by atoms with van der Waals surface area (Å²) in [5.74, 6) is 1.79. The molecule has 0 atom stereocenters. The third kappa shape index (κ3) is 2.50. The Labute approximate surface area is 117 Å². The van der Waals surface area contributed by atoms with E-state index in [4.69, 9.17) is 0 Å². The smallest absolute Gasteiger partial charge is 0.225 e. The van der Waals surface area contributed by atoms with Gasteiger partial charge in [0, 0.05) is 26.7 Å². The number of fused-ring (bicyclic) bond motifs is 1. The highest BCUT2D eigenvalue weighted by molar-refractivity contribution is 7.16. The lowest BCUT2D eigenvalue weighted by molar-refractivity contribution is 0.360. The van der Waals surface area contributed by atoms with Crippen LogP contribution in [0.15, 0.2) is 11.4 Å². The molecule has 0 amide bonds. The standard InChI is InChI=1S/C13H19N5S/c1-14-13-15-11(10-4-9-19-12(10)16-13)18-6-3-5-17(2)7-8-18/h4,9H,3,5-8H2,1-2H3,(H,14,15,16). The van der Waals surface area contributed by atoms with Gasteiger partial charge in [-0.1, -0.05) is 0 Å². The number of hydrogen-bond acceptors (Lipinski definition) is 6. The normalized spacial score (nSPS) is 17.7. The van der Waals surface area contributed by atoms with Crippen LogP contribution in [0.25, 0.3) is 10.2 Å². The van der Waals surface area contributed by atoms with Gasteiger partial charge in [-0.25, -0.2) is 4.98 Å². The highest BCUT2D eigenvalue weighted by Gasteiger charge is 2.18. The molecule has 1 fully saturated rings. The van der Waals surface area contributed by atoms with Crippen LogP contribution in [-0.2, 0) is 0 Å². The van der Waals surface area contributed by atoms with Gasteiger partial charge >= 0.3 is 0 Å². The first kappa shape index (κ1) is 12.6. The van der Waals surface area contributed by atoms with Gasteiger partial charge in [0.05, 0.1) is 5.39 Å². The number of aromatic nitrogens is 2. The molecule has 102 valence electrons. The van der Waals surface area contributed by atoms with Crippen molar-refractivity contribution in [3.8, 4) is 0 Å². The van der Waals surface area contributed by atoms with Crippen LogP contribution in [0.1, 0.15) is 6.42 Å². The van der Waals surface area contributed by atoms with E-state index in [1.165, 1.54) is 11.8 Å². The van der Waals surface area contributed by atoms with Crippen molar-refractivity contribution in [2.24, 2.45) is 0 Å². The maximum atomic E-state index is 4.67. The molecule has 1 aliphatic rings. The second-order valence-corrected chi connectivity index (χ2v) is 5.80. The van der Waals surface area contributed by atoms with Gasteiger partial charge in [0.2, 0.25) is 5.95 Å². The number of nitrogens with one attached hydrogen (secondary N) is 1. The van der Waals surface area contributed by atoms with Gasteiger partial charge < -0.3 is 15.1 Å². The SMILES string of the molecule is CNc1nc(N2CCCN(C)CC2)c2ccsc2n1. The topological polar surface area (TPSA) is 44.3 Å². The number of anilines is 2. The second kappa shape index (κ2) is 5.30. The van der Waals surface area contributed by atoms with E-state index in [1.807, 2.05) is 7.05 Å². The highest BCUT2D eigenvalue weighted by atomic mass is 32.1. The Kier molecular flexibility index (Phi) is 3.52. The van der Waals surface area contributed by atoms with Crippen LogP contribution in [0.5, 0.6) is 0 Å².